The van der Waals surface area contributed by atoms with Crippen LogP contribution >= 0.6 is 0 Å². The van der Waals surface area contributed by atoms with Crippen molar-refractivity contribution in [3.63, 3.8) is 0 Å². The number of pyridine rings is 1. The number of amides is 1. The summed E-state index contributed by atoms with van der Waals surface area (Å²) < 4.78 is 16.7. The standard InChI is InChI=1S/C25H25FN10O2/c1-16-31-32-25(36(16)17-6-4-3-5-7-17)34-12-10-33(11-13-34)24(38)22(37)18-14-29-21-20(18)19(26)15-30-23(21)35(27)9-8-28-2/h3-9,14-15,29H,2,10-13,27H2,1H3/b9-8-. The van der Waals surface area contributed by atoms with Gasteiger partial charge in [0, 0.05) is 44.8 Å². The number of benzene rings is 1. The second-order valence-corrected chi connectivity index (χ2v) is 8.60. The number of aromatic amines is 1. The van der Waals surface area contributed by atoms with Crippen molar-refractivity contribution < 1.29 is 14.0 Å². The van der Waals surface area contributed by atoms with E-state index in [9.17, 15) is 14.0 Å². The van der Waals surface area contributed by atoms with E-state index in [1.807, 2.05) is 46.7 Å². The summed E-state index contributed by atoms with van der Waals surface area (Å²) in [7, 11) is 0. The van der Waals surface area contributed by atoms with E-state index in [0.29, 0.717) is 32.1 Å². The summed E-state index contributed by atoms with van der Waals surface area (Å²) in [5, 5.41) is 9.61. The maximum atomic E-state index is 14.8. The van der Waals surface area contributed by atoms with Crippen LogP contribution in [0, 0.1) is 12.7 Å². The number of nitrogens with two attached hydrogens (primary N) is 1. The third-order valence-corrected chi connectivity index (χ3v) is 6.33. The number of hydrogen-bond acceptors (Lipinski definition) is 9. The molecule has 3 aromatic heterocycles. The SMILES string of the molecule is C=N/C=C\N(N)c1ncc(F)c2c(C(=O)C(=O)N3CCN(c4nnc(C)n4-c4ccccc4)CC3)c[nH]c12. The number of nitrogens with one attached hydrogen (secondary N) is 1. The number of halogens is 1. The predicted molar refractivity (Wildman–Crippen MR) is 141 cm³/mol. The average molecular weight is 517 g/mol. The van der Waals surface area contributed by atoms with Crippen LogP contribution in [-0.4, -0.2) is 74.2 Å². The highest BCUT2D eigenvalue weighted by Crippen LogP contribution is 2.29. The van der Waals surface area contributed by atoms with Crippen molar-refractivity contribution in [3.8, 4) is 5.69 Å². The zero-order chi connectivity index (χ0) is 26.8. The fraction of sp³-hybridized carbons (Fsp3) is 0.200. The number of hydrazine groups is 1. The van der Waals surface area contributed by atoms with Crippen LogP contribution in [0.1, 0.15) is 16.2 Å². The number of carbonyl (C=O) groups excluding carboxylic acids is 2. The minimum absolute atomic E-state index is 0.0613. The Balaban J connectivity index is 1.34. The molecule has 4 aromatic rings. The van der Waals surface area contributed by atoms with Gasteiger partial charge in [0.15, 0.2) is 11.6 Å². The summed E-state index contributed by atoms with van der Waals surface area (Å²) >= 11 is 0. The molecule has 38 heavy (non-hydrogen) atoms. The number of rotatable bonds is 7. The van der Waals surface area contributed by atoms with Crippen LogP contribution in [0.3, 0.4) is 0 Å². The van der Waals surface area contributed by atoms with Crippen LogP contribution in [0.5, 0.6) is 0 Å². The lowest BCUT2D eigenvalue weighted by Gasteiger charge is -2.34. The summed E-state index contributed by atoms with van der Waals surface area (Å²) in [6.07, 6.45) is 4.95. The van der Waals surface area contributed by atoms with Crippen molar-refractivity contribution in [1.29, 1.82) is 0 Å². The molecule has 4 heterocycles. The van der Waals surface area contributed by atoms with Gasteiger partial charge in [0.1, 0.15) is 5.82 Å². The van der Waals surface area contributed by atoms with Crippen LogP contribution in [0.2, 0.25) is 0 Å². The summed E-state index contributed by atoms with van der Waals surface area (Å²) in [5.74, 6) is 5.21. The fourth-order valence-electron chi connectivity index (χ4n) is 4.46. The molecule has 1 aliphatic heterocycles. The van der Waals surface area contributed by atoms with Gasteiger partial charge in [-0.2, -0.15) is 0 Å². The largest absolute Gasteiger partial charge is 0.357 e. The first-order chi connectivity index (χ1) is 18.4. The molecule has 12 nitrogen and oxygen atoms in total. The van der Waals surface area contributed by atoms with Gasteiger partial charge in [-0.3, -0.25) is 24.2 Å². The number of H-pyrrole nitrogens is 1. The van der Waals surface area contributed by atoms with Crippen molar-refractivity contribution in [1.82, 2.24) is 29.6 Å². The van der Waals surface area contributed by atoms with Gasteiger partial charge in [0.05, 0.1) is 28.4 Å². The zero-order valence-electron chi connectivity index (χ0n) is 20.6. The van der Waals surface area contributed by atoms with E-state index < -0.39 is 17.5 Å². The Morgan fingerprint density at radius 3 is 2.63 bits per heavy atom. The highest BCUT2D eigenvalue weighted by atomic mass is 19.1. The molecule has 0 saturated carbocycles. The number of hydrogen-bond donors (Lipinski definition) is 2. The number of nitrogens with zero attached hydrogens (tertiary/aromatic N) is 8. The smallest absolute Gasteiger partial charge is 0.295 e. The molecular weight excluding hydrogens is 491 g/mol. The van der Waals surface area contributed by atoms with Gasteiger partial charge in [-0.15, -0.1) is 10.2 Å². The molecule has 13 heteroatoms. The zero-order valence-corrected chi connectivity index (χ0v) is 20.6. The van der Waals surface area contributed by atoms with Crippen LogP contribution in [-0.2, 0) is 4.79 Å². The number of ketones is 1. The van der Waals surface area contributed by atoms with Crippen molar-refractivity contribution >= 4 is 41.1 Å². The molecule has 0 radical (unpaired) electrons. The second kappa shape index (κ2) is 10.2. The maximum Gasteiger partial charge on any atom is 0.295 e. The van der Waals surface area contributed by atoms with Gasteiger partial charge >= 0.3 is 0 Å². The molecule has 0 bridgehead atoms. The number of para-hydroxylation sites is 1. The molecule has 3 N–H and O–H groups in total. The molecule has 194 valence electrons. The van der Waals surface area contributed by atoms with Crippen molar-refractivity contribution in [2.75, 3.05) is 36.1 Å². The first-order valence-electron chi connectivity index (χ1n) is 11.8. The molecule has 1 amide bonds. The van der Waals surface area contributed by atoms with Crippen LogP contribution in [0.25, 0.3) is 16.6 Å². The number of fused-ring (bicyclic) bond motifs is 1. The van der Waals surface area contributed by atoms with Crippen LogP contribution in [0.4, 0.5) is 16.2 Å². The van der Waals surface area contributed by atoms with Gasteiger partial charge in [0.2, 0.25) is 5.95 Å². The summed E-state index contributed by atoms with van der Waals surface area (Å²) in [4.78, 5) is 40.2. The lowest BCUT2D eigenvalue weighted by Crippen LogP contribution is -2.51. The number of aryl methyl sites for hydroxylation is 1. The Hall–Kier alpha value is -4.91. The number of Topliss-reactive ketones (excluding diaryl/α,β-unsaturated/α-hetero) is 1. The summed E-state index contributed by atoms with van der Waals surface area (Å²) in [6.45, 7) is 6.69. The fourth-order valence-corrected chi connectivity index (χ4v) is 4.46. The van der Waals surface area contributed by atoms with Crippen molar-refractivity contribution in [3.05, 3.63) is 72.3 Å². The molecule has 0 atom stereocenters. The van der Waals surface area contributed by atoms with Crippen LogP contribution in [0.15, 0.2) is 60.1 Å². The Labute approximate surface area is 216 Å². The van der Waals surface area contributed by atoms with Gasteiger partial charge in [0.25, 0.3) is 11.7 Å². The number of carbonyl (C=O) groups is 2. The summed E-state index contributed by atoms with van der Waals surface area (Å²) in [6, 6.07) is 9.75. The summed E-state index contributed by atoms with van der Waals surface area (Å²) in [5.41, 5.74) is 1.02. The first-order valence-corrected chi connectivity index (χ1v) is 11.8. The van der Waals surface area contributed by atoms with Crippen molar-refractivity contribution in [2.45, 2.75) is 6.92 Å². The van der Waals surface area contributed by atoms with E-state index >= 15 is 0 Å². The molecule has 0 spiro atoms. The highest BCUT2D eigenvalue weighted by molar-refractivity contribution is 6.45. The van der Waals surface area contributed by atoms with Gasteiger partial charge < -0.3 is 14.8 Å². The van der Waals surface area contributed by atoms with Crippen molar-refractivity contribution in [2.24, 2.45) is 10.8 Å². The third kappa shape index (κ3) is 4.39. The number of anilines is 2. The van der Waals surface area contributed by atoms with E-state index in [0.717, 1.165) is 22.7 Å². The quantitative estimate of drug-likeness (QED) is 0.125. The average Bonchev–Trinajstić information content (AvgIpc) is 3.56. The van der Waals surface area contributed by atoms with E-state index in [1.54, 1.807) is 0 Å². The molecule has 1 fully saturated rings. The Kier molecular flexibility index (Phi) is 6.66. The minimum Gasteiger partial charge on any atom is -0.357 e. The molecule has 0 unspecified atom stereocenters. The Morgan fingerprint density at radius 1 is 1.18 bits per heavy atom. The minimum atomic E-state index is -0.823. The molecule has 5 rings (SSSR count). The third-order valence-electron chi connectivity index (χ3n) is 6.33. The predicted octanol–water partition coefficient (Wildman–Crippen LogP) is 1.97. The van der Waals surface area contributed by atoms with Gasteiger partial charge in [-0.05, 0) is 25.8 Å². The Bertz CT molecular complexity index is 1540. The lowest BCUT2D eigenvalue weighted by molar-refractivity contribution is -0.126. The molecule has 1 saturated heterocycles. The van der Waals surface area contributed by atoms with E-state index in [4.69, 9.17) is 5.84 Å². The topological polar surface area (TPSA) is 142 Å². The number of piperazine rings is 1. The normalized spacial score (nSPS) is 13.9. The van der Waals surface area contributed by atoms with Gasteiger partial charge in [-0.1, -0.05) is 18.2 Å². The van der Waals surface area contributed by atoms with E-state index in [2.05, 4.69) is 31.9 Å². The van der Waals surface area contributed by atoms with Gasteiger partial charge in [-0.25, -0.2) is 15.2 Å². The second-order valence-electron chi connectivity index (χ2n) is 8.60. The molecular formula is C25H25FN10O2. The molecule has 1 aliphatic rings. The molecule has 1 aromatic carbocycles. The number of aliphatic imine (C=N–C) groups is 1. The maximum absolute atomic E-state index is 14.8. The first kappa shape index (κ1) is 24.8. The molecule has 0 aliphatic carbocycles. The highest BCUT2D eigenvalue weighted by Gasteiger charge is 2.31. The Morgan fingerprint density at radius 2 is 1.92 bits per heavy atom. The number of aromatic nitrogens is 5. The monoisotopic (exact) mass is 516 g/mol. The van der Waals surface area contributed by atoms with Crippen LogP contribution < -0.4 is 15.8 Å². The van der Waals surface area contributed by atoms with E-state index in [-0.39, 0.29) is 22.3 Å². The van der Waals surface area contributed by atoms with E-state index in [1.165, 1.54) is 23.5 Å². The lowest BCUT2D eigenvalue weighted by atomic mass is 10.1.